The Labute approximate surface area is 120 Å². The van der Waals surface area contributed by atoms with Crippen LogP contribution in [-0.2, 0) is 10.0 Å². The molecule has 0 amide bonds. The number of rotatable bonds is 5. The van der Waals surface area contributed by atoms with Gasteiger partial charge >= 0.3 is 0 Å². The van der Waals surface area contributed by atoms with E-state index in [0.29, 0.717) is 5.56 Å². The van der Waals surface area contributed by atoms with Crippen molar-refractivity contribution in [1.29, 1.82) is 0 Å². The molecule has 0 atom stereocenters. The van der Waals surface area contributed by atoms with Crippen molar-refractivity contribution in [2.75, 3.05) is 12.3 Å². The van der Waals surface area contributed by atoms with Crippen LogP contribution in [0.1, 0.15) is 33.3 Å². The van der Waals surface area contributed by atoms with E-state index in [2.05, 4.69) is 4.72 Å². The molecule has 114 valence electrons. The van der Waals surface area contributed by atoms with Crippen LogP contribution in [0.4, 0.5) is 10.1 Å². The lowest BCUT2D eigenvalue weighted by Crippen LogP contribution is -2.37. The summed E-state index contributed by atoms with van der Waals surface area (Å²) in [5, 5.41) is 0. The number of hydrogen-bond donors (Lipinski definition) is 2. The van der Waals surface area contributed by atoms with Crippen molar-refractivity contribution in [1.82, 2.24) is 4.72 Å². The Hall–Kier alpha value is -1.14. The average molecular weight is 302 g/mol. The predicted molar refractivity (Wildman–Crippen MR) is 79.4 cm³/mol. The second kappa shape index (κ2) is 5.69. The molecule has 0 unspecified atom stereocenters. The Balaban J connectivity index is 3.04. The maximum absolute atomic E-state index is 13.8. The molecule has 0 fully saturated rings. The summed E-state index contributed by atoms with van der Waals surface area (Å²) in [6.45, 7) is 9.81. The predicted octanol–water partition coefficient (Wildman–Crippen LogP) is 2.68. The molecule has 4 nitrogen and oxygen atoms in total. The van der Waals surface area contributed by atoms with Crippen LogP contribution in [0.5, 0.6) is 0 Å². The van der Waals surface area contributed by atoms with Crippen molar-refractivity contribution in [2.45, 2.75) is 39.5 Å². The van der Waals surface area contributed by atoms with Gasteiger partial charge in [-0.25, -0.2) is 17.5 Å². The third kappa shape index (κ3) is 3.70. The number of sulfonamides is 1. The zero-order chi connectivity index (χ0) is 15.7. The van der Waals surface area contributed by atoms with Gasteiger partial charge in [0.1, 0.15) is 10.7 Å². The minimum atomic E-state index is -3.90. The Morgan fingerprint density at radius 2 is 1.90 bits per heavy atom. The SMILES string of the molecule is Cc1cc(F)c(S(=O)(=O)NCC(C)(C)C(C)C)cc1N. The number of halogens is 1. The zero-order valence-electron chi connectivity index (χ0n) is 12.6. The van der Waals surface area contributed by atoms with E-state index >= 15 is 0 Å². The fraction of sp³-hybridized carbons (Fsp3) is 0.571. The highest BCUT2D eigenvalue weighted by atomic mass is 32.2. The van der Waals surface area contributed by atoms with E-state index in [4.69, 9.17) is 5.73 Å². The van der Waals surface area contributed by atoms with Crippen molar-refractivity contribution in [3.8, 4) is 0 Å². The third-order valence-corrected chi connectivity index (χ3v) is 5.31. The van der Waals surface area contributed by atoms with E-state index in [9.17, 15) is 12.8 Å². The molecule has 3 N–H and O–H groups in total. The molecule has 0 bridgehead atoms. The van der Waals surface area contributed by atoms with E-state index in [1.165, 1.54) is 0 Å². The highest BCUT2D eigenvalue weighted by Gasteiger charge is 2.27. The van der Waals surface area contributed by atoms with Gasteiger partial charge in [-0.05, 0) is 36.0 Å². The summed E-state index contributed by atoms with van der Waals surface area (Å²) in [7, 11) is -3.90. The standard InChI is InChI=1S/C14H23FN2O2S/c1-9(2)14(4,5)8-17-20(18,19)13-7-12(16)10(3)6-11(13)15/h6-7,9,17H,8,16H2,1-5H3. The molecule has 1 aromatic rings. The van der Waals surface area contributed by atoms with Gasteiger partial charge in [-0.15, -0.1) is 0 Å². The van der Waals surface area contributed by atoms with Crippen LogP contribution in [-0.4, -0.2) is 15.0 Å². The summed E-state index contributed by atoms with van der Waals surface area (Å²) in [5.41, 5.74) is 6.21. The van der Waals surface area contributed by atoms with Crippen molar-refractivity contribution in [3.63, 3.8) is 0 Å². The van der Waals surface area contributed by atoms with Gasteiger partial charge in [-0.2, -0.15) is 0 Å². The summed E-state index contributed by atoms with van der Waals surface area (Å²) in [6.07, 6.45) is 0. The molecule has 0 saturated heterocycles. The number of benzene rings is 1. The molecular formula is C14H23FN2O2S. The lowest BCUT2D eigenvalue weighted by atomic mass is 9.81. The van der Waals surface area contributed by atoms with Crippen molar-refractivity contribution in [2.24, 2.45) is 11.3 Å². The van der Waals surface area contributed by atoms with E-state index in [1.54, 1.807) is 6.92 Å². The molecule has 0 aromatic heterocycles. The molecule has 1 aromatic carbocycles. The molecule has 6 heteroatoms. The molecule has 0 aliphatic carbocycles. The molecule has 0 heterocycles. The van der Waals surface area contributed by atoms with Crippen LogP contribution in [0, 0.1) is 24.1 Å². The van der Waals surface area contributed by atoms with Gasteiger partial charge in [-0.1, -0.05) is 27.7 Å². The number of nitrogens with one attached hydrogen (secondary N) is 1. The Kier molecular flexibility index (Phi) is 4.82. The molecule has 0 radical (unpaired) electrons. The van der Waals surface area contributed by atoms with Gasteiger partial charge in [-0.3, -0.25) is 0 Å². The van der Waals surface area contributed by atoms with Gasteiger partial charge in [0, 0.05) is 12.2 Å². The summed E-state index contributed by atoms with van der Waals surface area (Å²) >= 11 is 0. The highest BCUT2D eigenvalue weighted by Crippen LogP contribution is 2.26. The molecule has 0 aliphatic heterocycles. The fourth-order valence-corrected chi connectivity index (χ4v) is 2.75. The molecular weight excluding hydrogens is 279 g/mol. The molecule has 0 spiro atoms. The number of aryl methyl sites for hydroxylation is 1. The Bertz CT molecular complexity index is 595. The van der Waals surface area contributed by atoms with Gasteiger partial charge < -0.3 is 5.73 Å². The lowest BCUT2D eigenvalue weighted by Gasteiger charge is -2.29. The van der Waals surface area contributed by atoms with E-state index in [0.717, 1.165) is 12.1 Å². The van der Waals surface area contributed by atoms with E-state index in [-0.39, 0.29) is 23.6 Å². The topological polar surface area (TPSA) is 72.2 Å². The van der Waals surface area contributed by atoms with E-state index < -0.39 is 20.7 Å². The number of hydrogen-bond acceptors (Lipinski definition) is 3. The number of anilines is 1. The van der Waals surface area contributed by atoms with Crippen LogP contribution in [0.3, 0.4) is 0 Å². The van der Waals surface area contributed by atoms with E-state index in [1.807, 2.05) is 27.7 Å². The van der Waals surface area contributed by atoms with Crippen LogP contribution >= 0.6 is 0 Å². The summed E-state index contributed by atoms with van der Waals surface area (Å²) in [4.78, 5) is -0.403. The molecule has 1 rings (SSSR count). The zero-order valence-corrected chi connectivity index (χ0v) is 13.4. The smallest absolute Gasteiger partial charge is 0.243 e. The van der Waals surface area contributed by atoms with Crippen molar-refractivity contribution in [3.05, 3.63) is 23.5 Å². The minimum Gasteiger partial charge on any atom is -0.398 e. The van der Waals surface area contributed by atoms with Gasteiger partial charge in [0.2, 0.25) is 10.0 Å². The maximum atomic E-state index is 13.8. The second-order valence-electron chi connectivity index (χ2n) is 6.11. The second-order valence-corrected chi connectivity index (χ2v) is 7.84. The average Bonchev–Trinajstić information content (AvgIpc) is 2.31. The Morgan fingerprint density at radius 3 is 2.40 bits per heavy atom. The van der Waals surface area contributed by atoms with Crippen LogP contribution in [0.25, 0.3) is 0 Å². The highest BCUT2D eigenvalue weighted by molar-refractivity contribution is 7.89. The van der Waals surface area contributed by atoms with Crippen LogP contribution in [0.2, 0.25) is 0 Å². The maximum Gasteiger partial charge on any atom is 0.243 e. The van der Waals surface area contributed by atoms with Crippen molar-refractivity contribution < 1.29 is 12.8 Å². The first-order valence-corrected chi connectivity index (χ1v) is 8.01. The first-order chi connectivity index (χ1) is 8.97. The summed E-state index contributed by atoms with van der Waals surface area (Å²) < 4.78 is 40.6. The van der Waals surface area contributed by atoms with Crippen molar-refractivity contribution >= 4 is 15.7 Å². The lowest BCUT2D eigenvalue weighted by molar-refractivity contribution is 0.252. The minimum absolute atomic E-state index is 0.222. The van der Waals surface area contributed by atoms with Crippen LogP contribution in [0.15, 0.2) is 17.0 Å². The van der Waals surface area contributed by atoms with Crippen LogP contribution < -0.4 is 10.5 Å². The molecule has 0 saturated carbocycles. The Morgan fingerprint density at radius 1 is 1.35 bits per heavy atom. The molecule has 0 aliphatic rings. The normalized spacial score (nSPS) is 12.9. The molecule has 20 heavy (non-hydrogen) atoms. The fourth-order valence-electron chi connectivity index (χ4n) is 1.44. The first-order valence-electron chi connectivity index (χ1n) is 6.52. The third-order valence-electron chi connectivity index (χ3n) is 3.89. The first kappa shape index (κ1) is 16.9. The quantitative estimate of drug-likeness (QED) is 0.821. The van der Waals surface area contributed by atoms with Gasteiger partial charge in [0.15, 0.2) is 0 Å². The largest absolute Gasteiger partial charge is 0.398 e. The monoisotopic (exact) mass is 302 g/mol. The number of nitrogen functional groups attached to an aromatic ring is 1. The summed E-state index contributed by atoms with van der Waals surface area (Å²) in [6, 6.07) is 2.30. The van der Waals surface area contributed by atoms with Gasteiger partial charge in [0.25, 0.3) is 0 Å². The number of nitrogens with two attached hydrogens (primary N) is 1. The van der Waals surface area contributed by atoms with Gasteiger partial charge in [0.05, 0.1) is 0 Å². The summed E-state index contributed by atoms with van der Waals surface area (Å²) in [5.74, 6) is -0.496.